The molecule has 3 N–H and O–H groups in total. The molecular weight excluding hydrogens is 285 g/mol. The van der Waals surface area contributed by atoms with Gasteiger partial charge in [-0.2, -0.15) is 0 Å². The third-order valence-corrected chi connectivity index (χ3v) is 3.01. The van der Waals surface area contributed by atoms with Crippen LogP contribution in [0.3, 0.4) is 0 Å². The van der Waals surface area contributed by atoms with E-state index in [2.05, 4.69) is 5.32 Å². The van der Waals surface area contributed by atoms with E-state index in [-0.39, 0.29) is 10.7 Å². The standard InChI is InChI=1S/C14H11F3N2S/c1-7-3-2-4-9(14(18)20)13(7)19-11-6-8(15)5-10(16)12(11)17/h2-6,19H,1H3,(H2,18,20). The van der Waals surface area contributed by atoms with Gasteiger partial charge in [0.25, 0.3) is 0 Å². The summed E-state index contributed by atoms with van der Waals surface area (Å²) in [5, 5.41) is 2.65. The van der Waals surface area contributed by atoms with Crippen molar-refractivity contribution in [1.29, 1.82) is 0 Å². The van der Waals surface area contributed by atoms with E-state index < -0.39 is 17.5 Å². The molecule has 0 aliphatic carbocycles. The van der Waals surface area contributed by atoms with Gasteiger partial charge >= 0.3 is 0 Å². The van der Waals surface area contributed by atoms with E-state index in [1.165, 1.54) is 0 Å². The molecule has 0 saturated heterocycles. The molecule has 0 aliphatic rings. The molecule has 0 bridgehead atoms. The quantitative estimate of drug-likeness (QED) is 0.668. The predicted octanol–water partition coefficient (Wildman–Crippen LogP) is 3.79. The number of para-hydroxylation sites is 1. The van der Waals surface area contributed by atoms with Crippen LogP contribution in [0.2, 0.25) is 0 Å². The lowest BCUT2D eigenvalue weighted by Crippen LogP contribution is -2.13. The summed E-state index contributed by atoms with van der Waals surface area (Å²) in [5.74, 6) is -3.31. The molecule has 2 aromatic rings. The van der Waals surface area contributed by atoms with Gasteiger partial charge in [0.05, 0.1) is 11.4 Å². The first-order valence-electron chi connectivity index (χ1n) is 5.71. The van der Waals surface area contributed by atoms with E-state index in [9.17, 15) is 13.2 Å². The maximum Gasteiger partial charge on any atom is 0.182 e. The van der Waals surface area contributed by atoms with Crippen LogP contribution < -0.4 is 11.1 Å². The van der Waals surface area contributed by atoms with Crippen molar-refractivity contribution in [1.82, 2.24) is 0 Å². The van der Waals surface area contributed by atoms with E-state index >= 15 is 0 Å². The highest BCUT2D eigenvalue weighted by Gasteiger charge is 2.14. The number of rotatable bonds is 3. The molecule has 2 rings (SSSR count). The summed E-state index contributed by atoms with van der Waals surface area (Å²) in [6, 6.07) is 6.47. The van der Waals surface area contributed by atoms with Crippen molar-refractivity contribution in [3.8, 4) is 0 Å². The van der Waals surface area contributed by atoms with E-state index in [1.807, 2.05) is 0 Å². The SMILES string of the molecule is Cc1cccc(C(N)=S)c1Nc1cc(F)cc(F)c1F. The number of aryl methyl sites for hydroxylation is 1. The van der Waals surface area contributed by atoms with Crippen LogP contribution in [0.25, 0.3) is 0 Å². The fraction of sp³-hybridized carbons (Fsp3) is 0.0714. The van der Waals surface area contributed by atoms with Crippen LogP contribution in [-0.2, 0) is 0 Å². The van der Waals surface area contributed by atoms with Crippen molar-refractivity contribution in [3.05, 3.63) is 58.9 Å². The van der Waals surface area contributed by atoms with Gasteiger partial charge in [0.1, 0.15) is 10.8 Å². The Hall–Kier alpha value is -2.08. The molecule has 20 heavy (non-hydrogen) atoms. The van der Waals surface area contributed by atoms with E-state index in [4.69, 9.17) is 18.0 Å². The minimum absolute atomic E-state index is 0.105. The number of thiocarbonyl (C=S) groups is 1. The third kappa shape index (κ3) is 2.75. The number of anilines is 2. The van der Waals surface area contributed by atoms with Gasteiger partial charge in [0.2, 0.25) is 0 Å². The van der Waals surface area contributed by atoms with Crippen LogP contribution in [0.5, 0.6) is 0 Å². The summed E-state index contributed by atoms with van der Waals surface area (Å²) in [7, 11) is 0. The number of hydrogen-bond donors (Lipinski definition) is 2. The van der Waals surface area contributed by atoms with Gasteiger partial charge in [0, 0.05) is 17.7 Å². The zero-order valence-corrected chi connectivity index (χ0v) is 11.3. The van der Waals surface area contributed by atoms with Gasteiger partial charge in [-0.1, -0.05) is 24.4 Å². The highest BCUT2D eigenvalue weighted by molar-refractivity contribution is 7.80. The molecule has 0 aliphatic heterocycles. The molecule has 0 amide bonds. The highest BCUT2D eigenvalue weighted by Crippen LogP contribution is 2.28. The second kappa shape index (κ2) is 5.50. The zero-order valence-electron chi connectivity index (χ0n) is 10.5. The fourth-order valence-corrected chi connectivity index (χ4v) is 1.99. The Balaban J connectivity index is 2.53. The number of halogens is 3. The average Bonchev–Trinajstić information content (AvgIpc) is 2.37. The van der Waals surface area contributed by atoms with Crippen molar-refractivity contribution in [2.45, 2.75) is 6.92 Å². The molecule has 104 valence electrons. The molecular formula is C14H11F3N2S. The molecule has 0 unspecified atom stereocenters. The number of benzene rings is 2. The Morgan fingerprint density at radius 3 is 2.55 bits per heavy atom. The van der Waals surface area contributed by atoms with Crippen molar-refractivity contribution in [2.24, 2.45) is 5.73 Å². The summed E-state index contributed by atoms with van der Waals surface area (Å²) in [6.45, 7) is 1.75. The first-order chi connectivity index (χ1) is 9.40. The van der Waals surface area contributed by atoms with Gasteiger partial charge < -0.3 is 11.1 Å². The predicted molar refractivity (Wildman–Crippen MR) is 76.7 cm³/mol. The van der Waals surface area contributed by atoms with Crippen LogP contribution in [0.4, 0.5) is 24.5 Å². The lowest BCUT2D eigenvalue weighted by molar-refractivity contribution is 0.498. The summed E-state index contributed by atoms with van der Waals surface area (Å²) < 4.78 is 40.0. The Morgan fingerprint density at radius 2 is 1.90 bits per heavy atom. The molecule has 0 atom stereocenters. The Bertz CT molecular complexity index is 686. The monoisotopic (exact) mass is 296 g/mol. The van der Waals surface area contributed by atoms with Crippen LogP contribution in [-0.4, -0.2) is 4.99 Å². The molecule has 0 fully saturated rings. The topological polar surface area (TPSA) is 38.0 Å². The van der Waals surface area contributed by atoms with E-state index in [0.717, 1.165) is 11.6 Å². The van der Waals surface area contributed by atoms with Gasteiger partial charge in [-0.25, -0.2) is 13.2 Å². The summed E-state index contributed by atoms with van der Waals surface area (Å²) in [5.41, 5.74) is 6.89. The minimum atomic E-state index is -1.27. The average molecular weight is 296 g/mol. The van der Waals surface area contributed by atoms with Gasteiger partial charge in [-0.05, 0) is 18.6 Å². The zero-order chi connectivity index (χ0) is 14.9. The minimum Gasteiger partial charge on any atom is -0.389 e. The first-order valence-corrected chi connectivity index (χ1v) is 6.12. The number of nitrogens with two attached hydrogens (primary N) is 1. The van der Waals surface area contributed by atoms with Crippen LogP contribution in [0, 0.1) is 24.4 Å². The van der Waals surface area contributed by atoms with E-state index in [0.29, 0.717) is 17.3 Å². The van der Waals surface area contributed by atoms with Crippen molar-refractivity contribution in [2.75, 3.05) is 5.32 Å². The Morgan fingerprint density at radius 1 is 1.20 bits per heavy atom. The second-order valence-corrected chi connectivity index (χ2v) is 4.68. The van der Waals surface area contributed by atoms with Gasteiger partial charge in [-0.3, -0.25) is 0 Å². The smallest absolute Gasteiger partial charge is 0.182 e. The molecule has 0 radical (unpaired) electrons. The van der Waals surface area contributed by atoms with Crippen LogP contribution in [0.15, 0.2) is 30.3 Å². The van der Waals surface area contributed by atoms with Gasteiger partial charge in [0.15, 0.2) is 11.6 Å². The van der Waals surface area contributed by atoms with Crippen molar-refractivity contribution in [3.63, 3.8) is 0 Å². The molecule has 6 heteroatoms. The molecule has 0 heterocycles. The summed E-state index contributed by atoms with van der Waals surface area (Å²) in [6.07, 6.45) is 0. The third-order valence-electron chi connectivity index (χ3n) is 2.79. The molecule has 2 nitrogen and oxygen atoms in total. The lowest BCUT2D eigenvalue weighted by atomic mass is 10.1. The molecule has 2 aromatic carbocycles. The summed E-state index contributed by atoms with van der Waals surface area (Å²) in [4.78, 5) is 0.105. The Kier molecular flexibility index (Phi) is 3.94. The van der Waals surface area contributed by atoms with Gasteiger partial charge in [-0.15, -0.1) is 0 Å². The fourth-order valence-electron chi connectivity index (χ4n) is 1.82. The van der Waals surface area contributed by atoms with Crippen molar-refractivity contribution < 1.29 is 13.2 Å². The van der Waals surface area contributed by atoms with Crippen molar-refractivity contribution >= 4 is 28.6 Å². The maximum atomic E-state index is 13.7. The van der Waals surface area contributed by atoms with Crippen LogP contribution in [0.1, 0.15) is 11.1 Å². The largest absolute Gasteiger partial charge is 0.389 e. The highest BCUT2D eigenvalue weighted by atomic mass is 32.1. The lowest BCUT2D eigenvalue weighted by Gasteiger charge is -2.15. The normalized spacial score (nSPS) is 10.4. The number of nitrogens with one attached hydrogen (secondary N) is 1. The Labute approximate surface area is 119 Å². The maximum absolute atomic E-state index is 13.7. The molecule has 0 aromatic heterocycles. The van der Waals surface area contributed by atoms with E-state index in [1.54, 1.807) is 25.1 Å². The second-order valence-electron chi connectivity index (χ2n) is 4.24. The molecule has 0 saturated carbocycles. The summed E-state index contributed by atoms with van der Waals surface area (Å²) >= 11 is 4.91. The number of hydrogen-bond acceptors (Lipinski definition) is 2. The first kappa shape index (κ1) is 14.3. The molecule has 0 spiro atoms. The van der Waals surface area contributed by atoms with Crippen LogP contribution >= 0.6 is 12.2 Å².